The SMILES string of the molecule is CC(=O)Oc1ccc(CC(NC(=O)c2cnc(-c3ccc(Cl)cc3)[nH]c2=O)C(=O)O)cc1. The van der Waals surface area contributed by atoms with Crippen molar-refractivity contribution in [2.75, 3.05) is 0 Å². The Balaban J connectivity index is 1.73. The number of aromatic amines is 1. The van der Waals surface area contributed by atoms with Crippen LogP contribution in [0.5, 0.6) is 5.75 Å². The number of carbonyl (C=O) groups excluding carboxylic acids is 2. The van der Waals surface area contributed by atoms with Crippen LogP contribution in [0.15, 0.2) is 59.5 Å². The van der Waals surface area contributed by atoms with Gasteiger partial charge in [0.25, 0.3) is 11.5 Å². The molecule has 32 heavy (non-hydrogen) atoms. The molecule has 3 N–H and O–H groups in total. The van der Waals surface area contributed by atoms with Gasteiger partial charge in [-0.1, -0.05) is 23.7 Å². The van der Waals surface area contributed by atoms with E-state index in [0.717, 1.165) is 6.20 Å². The van der Waals surface area contributed by atoms with E-state index in [1.54, 1.807) is 36.4 Å². The summed E-state index contributed by atoms with van der Waals surface area (Å²) >= 11 is 5.84. The van der Waals surface area contributed by atoms with Crippen LogP contribution in [0.4, 0.5) is 0 Å². The predicted molar refractivity (Wildman–Crippen MR) is 116 cm³/mol. The van der Waals surface area contributed by atoms with Crippen LogP contribution in [0.1, 0.15) is 22.8 Å². The summed E-state index contributed by atoms with van der Waals surface area (Å²) in [7, 11) is 0. The number of aromatic nitrogens is 2. The van der Waals surface area contributed by atoms with Gasteiger partial charge in [0.1, 0.15) is 23.2 Å². The number of carboxylic acids is 1. The summed E-state index contributed by atoms with van der Waals surface area (Å²) in [5.41, 5.74) is 0.147. The van der Waals surface area contributed by atoms with Crippen LogP contribution in [0.2, 0.25) is 5.02 Å². The molecule has 0 saturated carbocycles. The molecule has 1 aromatic heterocycles. The maximum Gasteiger partial charge on any atom is 0.326 e. The highest BCUT2D eigenvalue weighted by Gasteiger charge is 2.23. The monoisotopic (exact) mass is 455 g/mol. The Hall–Kier alpha value is -3.98. The number of H-pyrrole nitrogens is 1. The maximum atomic E-state index is 12.5. The number of amides is 1. The van der Waals surface area contributed by atoms with E-state index in [2.05, 4.69) is 15.3 Å². The Labute approximate surface area is 187 Å². The van der Waals surface area contributed by atoms with Crippen LogP contribution in [0, 0.1) is 0 Å². The molecule has 0 radical (unpaired) electrons. The first kappa shape index (κ1) is 22.7. The van der Waals surface area contributed by atoms with Gasteiger partial charge in [-0.2, -0.15) is 0 Å². The lowest BCUT2D eigenvalue weighted by Gasteiger charge is -2.15. The van der Waals surface area contributed by atoms with Crippen molar-refractivity contribution in [2.45, 2.75) is 19.4 Å². The zero-order valence-electron chi connectivity index (χ0n) is 16.8. The van der Waals surface area contributed by atoms with Crippen molar-refractivity contribution < 1.29 is 24.2 Å². The first-order chi connectivity index (χ1) is 15.2. The lowest BCUT2D eigenvalue weighted by molar-refractivity contribution is -0.139. The number of rotatable bonds is 7. The maximum absolute atomic E-state index is 12.5. The Morgan fingerprint density at radius 1 is 1.12 bits per heavy atom. The number of carboxylic acid groups (broad SMARTS) is 1. The Kier molecular flexibility index (Phi) is 7.01. The molecular formula is C22H18ClN3O6. The molecule has 3 rings (SSSR count). The first-order valence-corrected chi connectivity index (χ1v) is 9.77. The van der Waals surface area contributed by atoms with Crippen LogP contribution < -0.4 is 15.6 Å². The largest absolute Gasteiger partial charge is 0.480 e. The average molecular weight is 456 g/mol. The molecule has 0 aliphatic heterocycles. The number of hydrogen-bond donors (Lipinski definition) is 3. The number of nitrogens with zero attached hydrogens (tertiary/aromatic N) is 1. The lowest BCUT2D eigenvalue weighted by Crippen LogP contribution is -2.44. The summed E-state index contributed by atoms with van der Waals surface area (Å²) in [4.78, 5) is 54.1. The second kappa shape index (κ2) is 9.88. The van der Waals surface area contributed by atoms with Crippen LogP contribution in [-0.4, -0.2) is 39.0 Å². The number of nitrogens with one attached hydrogen (secondary N) is 2. The van der Waals surface area contributed by atoms with Gasteiger partial charge in [0, 0.05) is 30.1 Å². The van der Waals surface area contributed by atoms with Gasteiger partial charge in [-0.3, -0.25) is 14.4 Å². The van der Waals surface area contributed by atoms with Crippen molar-refractivity contribution in [3.63, 3.8) is 0 Å². The molecule has 3 aromatic rings. The van der Waals surface area contributed by atoms with E-state index in [9.17, 15) is 24.3 Å². The highest BCUT2D eigenvalue weighted by atomic mass is 35.5. The lowest BCUT2D eigenvalue weighted by atomic mass is 10.1. The number of carbonyl (C=O) groups is 3. The average Bonchev–Trinajstić information content (AvgIpc) is 2.74. The standard InChI is InChI=1S/C22H18ClN3O6/c1-12(27)32-16-8-2-13(3-9-16)10-18(22(30)31)25-20(28)17-11-24-19(26-21(17)29)14-4-6-15(23)7-5-14/h2-9,11,18H,10H2,1H3,(H,25,28)(H,30,31)(H,24,26,29). The molecule has 1 atom stereocenters. The minimum Gasteiger partial charge on any atom is -0.480 e. The summed E-state index contributed by atoms with van der Waals surface area (Å²) in [6.45, 7) is 1.27. The fourth-order valence-electron chi connectivity index (χ4n) is 2.84. The molecule has 0 saturated heterocycles. The number of benzene rings is 2. The summed E-state index contributed by atoms with van der Waals surface area (Å²) < 4.78 is 4.93. The third-order valence-electron chi connectivity index (χ3n) is 4.39. The van der Waals surface area contributed by atoms with Gasteiger partial charge in [0.2, 0.25) is 0 Å². The minimum absolute atomic E-state index is 0.0460. The molecule has 0 aliphatic rings. The van der Waals surface area contributed by atoms with E-state index in [-0.39, 0.29) is 17.8 Å². The number of hydrogen-bond acceptors (Lipinski definition) is 6. The second-order valence-corrected chi connectivity index (χ2v) is 7.22. The van der Waals surface area contributed by atoms with E-state index in [4.69, 9.17) is 16.3 Å². The van der Waals surface area contributed by atoms with Crippen molar-refractivity contribution in [1.29, 1.82) is 0 Å². The van der Waals surface area contributed by atoms with E-state index in [0.29, 0.717) is 21.9 Å². The summed E-state index contributed by atoms with van der Waals surface area (Å²) in [6, 6.07) is 11.5. The molecule has 1 unspecified atom stereocenters. The van der Waals surface area contributed by atoms with Crippen molar-refractivity contribution in [1.82, 2.24) is 15.3 Å². The Morgan fingerprint density at radius 2 is 1.78 bits per heavy atom. The van der Waals surface area contributed by atoms with Gasteiger partial charge in [-0.15, -0.1) is 0 Å². The van der Waals surface area contributed by atoms with Crippen molar-refractivity contribution in [3.05, 3.63) is 81.2 Å². The van der Waals surface area contributed by atoms with Crippen molar-refractivity contribution >= 4 is 29.4 Å². The highest BCUT2D eigenvalue weighted by Crippen LogP contribution is 2.17. The quantitative estimate of drug-likeness (QED) is 0.367. The topological polar surface area (TPSA) is 138 Å². The number of ether oxygens (including phenoxy) is 1. The fourth-order valence-corrected chi connectivity index (χ4v) is 2.97. The third-order valence-corrected chi connectivity index (χ3v) is 4.64. The van der Waals surface area contributed by atoms with Gasteiger partial charge in [0.15, 0.2) is 0 Å². The Bertz CT molecular complexity index is 1210. The predicted octanol–water partition coefficient (Wildman–Crippen LogP) is 2.44. The van der Waals surface area contributed by atoms with Gasteiger partial charge in [0.05, 0.1) is 0 Å². The summed E-state index contributed by atoms with van der Waals surface area (Å²) in [5, 5.41) is 12.3. The zero-order chi connectivity index (χ0) is 23.3. The Morgan fingerprint density at radius 3 is 2.34 bits per heavy atom. The number of esters is 1. The number of aliphatic carboxylic acids is 1. The molecule has 0 bridgehead atoms. The molecular weight excluding hydrogens is 438 g/mol. The first-order valence-electron chi connectivity index (χ1n) is 9.39. The summed E-state index contributed by atoms with van der Waals surface area (Å²) in [6.07, 6.45) is 1.04. The van der Waals surface area contributed by atoms with Crippen LogP contribution in [0.25, 0.3) is 11.4 Å². The molecule has 1 heterocycles. The molecule has 1 amide bonds. The normalized spacial score (nSPS) is 11.4. The molecule has 0 aliphatic carbocycles. The van der Waals surface area contributed by atoms with Gasteiger partial charge in [-0.25, -0.2) is 9.78 Å². The van der Waals surface area contributed by atoms with Gasteiger partial charge >= 0.3 is 11.9 Å². The van der Waals surface area contributed by atoms with Crippen LogP contribution in [0.3, 0.4) is 0 Å². The van der Waals surface area contributed by atoms with Crippen LogP contribution >= 0.6 is 11.6 Å². The van der Waals surface area contributed by atoms with E-state index in [1.165, 1.54) is 19.1 Å². The smallest absolute Gasteiger partial charge is 0.326 e. The van der Waals surface area contributed by atoms with E-state index in [1.807, 2.05) is 0 Å². The highest BCUT2D eigenvalue weighted by molar-refractivity contribution is 6.30. The second-order valence-electron chi connectivity index (χ2n) is 6.79. The number of halogens is 1. The van der Waals surface area contributed by atoms with Crippen LogP contribution in [-0.2, 0) is 16.0 Å². The molecule has 2 aromatic carbocycles. The molecule has 0 fully saturated rings. The van der Waals surface area contributed by atoms with Gasteiger partial charge in [-0.05, 0) is 42.0 Å². The van der Waals surface area contributed by atoms with E-state index >= 15 is 0 Å². The third kappa shape index (κ3) is 5.79. The van der Waals surface area contributed by atoms with Crippen molar-refractivity contribution in [2.24, 2.45) is 0 Å². The molecule has 0 spiro atoms. The van der Waals surface area contributed by atoms with E-state index < -0.39 is 29.4 Å². The fraction of sp³-hybridized carbons (Fsp3) is 0.136. The molecule has 164 valence electrons. The molecule has 9 nitrogen and oxygen atoms in total. The summed E-state index contributed by atoms with van der Waals surface area (Å²) in [5.74, 6) is -2.06. The van der Waals surface area contributed by atoms with Crippen molar-refractivity contribution in [3.8, 4) is 17.1 Å². The minimum atomic E-state index is -1.29. The molecule has 10 heteroatoms. The zero-order valence-corrected chi connectivity index (χ0v) is 17.6. The van der Waals surface area contributed by atoms with Gasteiger partial charge < -0.3 is 20.1 Å².